The lowest BCUT2D eigenvalue weighted by atomic mass is 10.2. The third-order valence-electron chi connectivity index (χ3n) is 2.73. The summed E-state index contributed by atoms with van der Waals surface area (Å²) in [4.78, 5) is 4.17. The van der Waals surface area contributed by atoms with Gasteiger partial charge in [-0.15, -0.1) is 0 Å². The molecule has 2 N–H and O–H groups in total. The number of nitrogens with zero attached hydrogens (tertiary/aromatic N) is 2. The SMILES string of the molecule is Cc1nccn1CCOc1ccccc1C#CCN. The van der Waals surface area contributed by atoms with E-state index in [4.69, 9.17) is 10.5 Å². The van der Waals surface area contributed by atoms with Gasteiger partial charge in [0.05, 0.1) is 18.7 Å². The van der Waals surface area contributed by atoms with Crippen molar-refractivity contribution in [2.45, 2.75) is 13.5 Å². The van der Waals surface area contributed by atoms with E-state index in [0.29, 0.717) is 13.2 Å². The number of imidazole rings is 1. The number of aromatic nitrogens is 2. The zero-order valence-corrected chi connectivity index (χ0v) is 11.0. The topological polar surface area (TPSA) is 53.1 Å². The van der Waals surface area contributed by atoms with Crippen LogP contribution in [0.4, 0.5) is 0 Å². The molecule has 2 aromatic rings. The molecular formula is C15H17N3O. The highest BCUT2D eigenvalue weighted by Gasteiger charge is 2.01. The van der Waals surface area contributed by atoms with E-state index in [1.54, 1.807) is 6.20 Å². The number of hydrogen-bond acceptors (Lipinski definition) is 3. The summed E-state index contributed by atoms with van der Waals surface area (Å²) in [5.74, 6) is 7.63. The summed E-state index contributed by atoms with van der Waals surface area (Å²) in [7, 11) is 0. The molecule has 0 aliphatic rings. The summed E-state index contributed by atoms with van der Waals surface area (Å²) in [5.41, 5.74) is 6.25. The molecule has 2 rings (SSSR count). The van der Waals surface area contributed by atoms with Gasteiger partial charge in [-0.2, -0.15) is 0 Å². The van der Waals surface area contributed by atoms with E-state index in [0.717, 1.165) is 23.7 Å². The Morgan fingerprint density at radius 1 is 1.37 bits per heavy atom. The maximum absolute atomic E-state index is 5.77. The second-order valence-electron chi connectivity index (χ2n) is 4.02. The third-order valence-corrected chi connectivity index (χ3v) is 2.73. The van der Waals surface area contributed by atoms with Crippen molar-refractivity contribution in [1.29, 1.82) is 0 Å². The minimum Gasteiger partial charge on any atom is -0.490 e. The normalized spacial score (nSPS) is 9.79. The third kappa shape index (κ3) is 3.60. The van der Waals surface area contributed by atoms with Crippen LogP contribution in [0.1, 0.15) is 11.4 Å². The molecule has 0 saturated heterocycles. The van der Waals surface area contributed by atoms with Crippen LogP contribution in [-0.4, -0.2) is 22.7 Å². The van der Waals surface area contributed by atoms with Crippen LogP contribution in [-0.2, 0) is 6.54 Å². The van der Waals surface area contributed by atoms with E-state index in [-0.39, 0.29) is 0 Å². The average molecular weight is 255 g/mol. The molecule has 0 spiro atoms. The van der Waals surface area contributed by atoms with Gasteiger partial charge in [-0.25, -0.2) is 4.98 Å². The number of ether oxygens (including phenoxy) is 1. The molecule has 0 amide bonds. The predicted molar refractivity (Wildman–Crippen MR) is 74.8 cm³/mol. The van der Waals surface area contributed by atoms with Crippen LogP contribution >= 0.6 is 0 Å². The minimum atomic E-state index is 0.350. The van der Waals surface area contributed by atoms with Crippen LogP contribution in [0.2, 0.25) is 0 Å². The van der Waals surface area contributed by atoms with Gasteiger partial charge in [0, 0.05) is 12.4 Å². The van der Waals surface area contributed by atoms with Gasteiger partial charge in [0.2, 0.25) is 0 Å². The Hall–Kier alpha value is -2.25. The molecule has 0 radical (unpaired) electrons. The largest absolute Gasteiger partial charge is 0.490 e. The van der Waals surface area contributed by atoms with Crippen molar-refractivity contribution in [1.82, 2.24) is 9.55 Å². The molecular weight excluding hydrogens is 238 g/mol. The first-order valence-corrected chi connectivity index (χ1v) is 6.20. The van der Waals surface area contributed by atoms with Crippen molar-refractivity contribution in [3.8, 4) is 17.6 Å². The fraction of sp³-hybridized carbons (Fsp3) is 0.267. The summed E-state index contributed by atoms with van der Waals surface area (Å²) in [6, 6.07) is 7.72. The summed E-state index contributed by atoms with van der Waals surface area (Å²) in [6.07, 6.45) is 3.73. The molecule has 4 heteroatoms. The molecule has 98 valence electrons. The maximum atomic E-state index is 5.77. The summed E-state index contributed by atoms with van der Waals surface area (Å²) in [6.45, 7) is 3.67. The molecule has 0 atom stereocenters. The van der Waals surface area contributed by atoms with Crippen molar-refractivity contribution in [2.24, 2.45) is 5.73 Å². The van der Waals surface area contributed by atoms with Crippen LogP contribution in [0.25, 0.3) is 0 Å². The Bertz CT molecular complexity index is 593. The predicted octanol–water partition coefficient (Wildman–Crippen LogP) is 1.58. The van der Waals surface area contributed by atoms with E-state index in [9.17, 15) is 0 Å². The second-order valence-corrected chi connectivity index (χ2v) is 4.02. The van der Waals surface area contributed by atoms with Gasteiger partial charge in [-0.1, -0.05) is 24.0 Å². The fourth-order valence-electron chi connectivity index (χ4n) is 1.74. The fourth-order valence-corrected chi connectivity index (χ4v) is 1.74. The van der Waals surface area contributed by atoms with Crippen LogP contribution in [0.15, 0.2) is 36.7 Å². The van der Waals surface area contributed by atoms with E-state index in [1.807, 2.05) is 42.0 Å². The number of benzene rings is 1. The Labute approximate surface area is 113 Å². The van der Waals surface area contributed by atoms with Crippen molar-refractivity contribution < 1.29 is 4.74 Å². The molecule has 1 aromatic carbocycles. The lowest BCUT2D eigenvalue weighted by molar-refractivity contribution is 0.296. The van der Waals surface area contributed by atoms with Gasteiger partial charge in [-0.05, 0) is 19.1 Å². The number of hydrogen-bond donors (Lipinski definition) is 1. The zero-order valence-electron chi connectivity index (χ0n) is 11.0. The van der Waals surface area contributed by atoms with Gasteiger partial charge in [0.15, 0.2) is 0 Å². The van der Waals surface area contributed by atoms with Crippen LogP contribution in [0, 0.1) is 18.8 Å². The summed E-state index contributed by atoms with van der Waals surface area (Å²) >= 11 is 0. The molecule has 4 nitrogen and oxygen atoms in total. The van der Waals surface area contributed by atoms with Crippen LogP contribution < -0.4 is 10.5 Å². The van der Waals surface area contributed by atoms with Crippen LogP contribution in [0.5, 0.6) is 5.75 Å². The molecule has 0 aliphatic carbocycles. The molecule has 1 aromatic heterocycles. The number of aryl methyl sites for hydroxylation is 1. The van der Waals surface area contributed by atoms with E-state index in [1.165, 1.54) is 0 Å². The van der Waals surface area contributed by atoms with Crippen LogP contribution in [0.3, 0.4) is 0 Å². The van der Waals surface area contributed by atoms with Gasteiger partial charge < -0.3 is 15.0 Å². The summed E-state index contributed by atoms with van der Waals surface area (Å²) in [5, 5.41) is 0. The smallest absolute Gasteiger partial charge is 0.135 e. The Morgan fingerprint density at radius 3 is 2.95 bits per heavy atom. The van der Waals surface area contributed by atoms with E-state index in [2.05, 4.69) is 16.8 Å². The number of para-hydroxylation sites is 1. The molecule has 0 fully saturated rings. The maximum Gasteiger partial charge on any atom is 0.135 e. The molecule has 0 unspecified atom stereocenters. The first-order chi connectivity index (χ1) is 9.31. The lowest BCUT2D eigenvalue weighted by Crippen LogP contribution is -2.09. The summed E-state index contributed by atoms with van der Waals surface area (Å²) < 4.78 is 7.82. The molecule has 19 heavy (non-hydrogen) atoms. The van der Waals surface area contributed by atoms with Gasteiger partial charge in [0.25, 0.3) is 0 Å². The van der Waals surface area contributed by atoms with Gasteiger partial charge in [0.1, 0.15) is 18.2 Å². The molecule has 0 saturated carbocycles. The highest BCUT2D eigenvalue weighted by atomic mass is 16.5. The first-order valence-electron chi connectivity index (χ1n) is 6.20. The Balaban J connectivity index is 1.98. The second kappa shape index (κ2) is 6.62. The van der Waals surface area contributed by atoms with Crippen molar-refractivity contribution >= 4 is 0 Å². The highest BCUT2D eigenvalue weighted by Crippen LogP contribution is 2.16. The Kier molecular flexibility index (Phi) is 4.60. The number of nitrogens with two attached hydrogens (primary N) is 1. The minimum absolute atomic E-state index is 0.350. The average Bonchev–Trinajstić information content (AvgIpc) is 2.83. The quantitative estimate of drug-likeness (QED) is 0.844. The monoisotopic (exact) mass is 255 g/mol. The first kappa shape index (κ1) is 13.2. The van der Waals surface area contributed by atoms with Gasteiger partial charge >= 0.3 is 0 Å². The highest BCUT2D eigenvalue weighted by molar-refractivity contribution is 5.45. The standard InChI is InChI=1S/C15H17N3O/c1-13-17-9-10-18(13)11-12-19-15-7-3-2-5-14(15)6-4-8-16/h2-3,5,7,9-10H,8,11-12,16H2,1H3. The number of rotatable bonds is 4. The Morgan fingerprint density at radius 2 is 2.21 bits per heavy atom. The van der Waals surface area contributed by atoms with E-state index >= 15 is 0 Å². The van der Waals surface area contributed by atoms with Crippen molar-refractivity contribution in [3.63, 3.8) is 0 Å². The van der Waals surface area contributed by atoms with E-state index < -0.39 is 0 Å². The molecule has 0 aliphatic heterocycles. The zero-order chi connectivity index (χ0) is 13.5. The lowest BCUT2D eigenvalue weighted by Gasteiger charge is -2.09. The van der Waals surface area contributed by atoms with Crippen molar-refractivity contribution in [3.05, 3.63) is 48.0 Å². The van der Waals surface area contributed by atoms with Gasteiger partial charge in [-0.3, -0.25) is 0 Å². The molecule has 0 bridgehead atoms. The molecule has 1 heterocycles. The van der Waals surface area contributed by atoms with Crippen molar-refractivity contribution in [2.75, 3.05) is 13.2 Å².